The van der Waals surface area contributed by atoms with Gasteiger partial charge in [0.15, 0.2) is 5.60 Å². The first-order valence-electron chi connectivity index (χ1n) is 14.4. The molecule has 0 radical (unpaired) electrons. The molecule has 0 saturated heterocycles. The minimum Gasteiger partial charge on any atom is -0.457 e. The molecule has 0 aliphatic heterocycles. The van der Waals surface area contributed by atoms with Crippen LogP contribution in [-0.4, -0.2) is 37.7 Å². The molecule has 0 spiro atoms. The van der Waals surface area contributed by atoms with Crippen LogP contribution >= 0.6 is 12.6 Å². The Kier molecular flexibility index (Phi) is 6.16. The molecule has 1 aromatic carbocycles. The van der Waals surface area contributed by atoms with Crippen molar-refractivity contribution in [2.75, 3.05) is 0 Å². The van der Waals surface area contributed by atoms with E-state index < -0.39 is 39.8 Å². The lowest BCUT2D eigenvalue weighted by molar-refractivity contribution is -0.174. The average molecular weight is 595 g/mol. The van der Waals surface area contributed by atoms with E-state index in [0.29, 0.717) is 24.9 Å². The molecule has 2 heterocycles. The zero-order valence-corrected chi connectivity index (χ0v) is 24.2. The molecule has 0 amide bonds. The van der Waals surface area contributed by atoms with Gasteiger partial charge < -0.3 is 14.3 Å². The number of carbonyl (C=O) groups excluding carboxylic acids is 2. The van der Waals surface area contributed by atoms with Crippen LogP contribution in [0, 0.1) is 40.2 Å². The van der Waals surface area contributed by atoms with Gasteiger partial charge in [-0.3, -0.25) is 4.79 Å². The van der Waals surface area contributed by atoms with Gasteiger partial charge in [0.25, 0.3) is 0 Å². The molecule has 3 saturated carbocycles. The van der Waals surface area contributed by atoms with Gasteiger partial charge in [0.2, 0.25) is 10.9 Å². The highest BCUT2D eigenvalue weighted by Crippen LogP contribution is 2.68. The zero-order chi connectivity index (χ0) is 29.6. The number of benzene rings is 1. The largest absolute Gasteiger partial charge is 0.457 e. The maximum absolute atomic E-state index is 14.0. The lowest BCUT2D eigenvalue weighted by atomic mass is 9.45. The summed E-state index contributed by atoms with van der Waals surface area (Å²) in [5.41, 5.74) is 0.582. The lowest BCUT2D eigenvalue weighted by Crippen LogP contribution is -2.62. The predicted molar refractivity (Wildman–Crippen MR) is 152 cm³/mol. The van der Waals surface area contributed by atoms with Crippen molar-refractivity contribution >= 4 is 29.8 Å². The number of nitrogens with zero attached hydrogens (tertiary/aromatic N) is 2. The van der Waals surface area contributed by atoms with Gasteiger partial charge in [0.05, 0.1) is 29.9 Å². The van der Waals surface area contributed by atoms with Crippen LogP contribution in [0.15, 0.2) is 52.8 Å². The minimum atomic E-state index is -1.48. The van der Waals surface area contributed by atoms with Crippen LogP contribution in [0.2, 0.25) is 0 Å². The third-order valence-corrected chi connectivity index (χ3v) is 11.3. The smallest absolute Gasteiger partial charge is 0.375 e. The Labute approximate surface area is 247 Å². The number of furan rings is 1. The molecule has 0 unspecified atom stereocenters. The number of esters is 1. The maximum atomic E-state index is 14.0. The molecule has 4 aliphatic rings. The summed E-state index contributed by atoms with van der Waals surface area (Å²) in [6.45, 7) is 4.15. The van der Waals surface area contributed by atoms with E-state index in [0.717, 1.165) is 30.2 Å². The highest BCUT2D eigenvalue weighted by molar-refractivity contribution is 7.96. The molecular weight excluding hydrogens is 562 g/mol. The second kappa shape index (κ2) is 9.38. The van der Waals surface area contributed by atoms with Gasteiger partial charge in [0, 0.05) is 11.5 Å². The quantitative estimate of drug-likeness (QED) is 0.287. The molecule has 7 atom stereocenters. The number of carbonyl (C=O) groups is 2. The summed E-state index contributed by atoms with van der Waals surface area (Å²) in [5.74, 6) is -2.00. The number of ether oxygens (including phenoxy) is 1. The molecule has 0 bridgehead atoms. The Balaban J connectivity index is 1.23. The number of fused-ring (bicyclic) bond motifs is 6. The van der Waals surface area contributed by atoms with Gasteiger partial charge in [-0.25, -0.2) is 18.3 Å². The van der Waals surface area contributed by atoms with E-state index in [-0.39, 0.29) is 35.3 Å². The van der Waals surface area contributed by atoms with Crippen LogP contribution in [0.4, 0.5) is 8.78 Å². The molecule has 7 rings (SSSR count). The number of aliphatic hydroxyl groups is 1. The fraction of sp³-hybridized carbons (Fsp3) is 0.469. The first-order chi connectivity index (χ1) is 20.0. The number of aliphatic hydroxyl groups excluding tert-OH is 1. The van der Waals surface area contributed by atoms with Crippen LogP contribution in [0.1, 0.15) is 67.8 Å². The summed E-state index contributed by atoms with van der Waals surface area (Å²) in [6, 6.07) is 6.45. The molecule has 7 nitrogen and oxygen atoms in total. The predicted octanol–water partition coefficient (Wildman–Crippen LogP) is 5.95. The summed E-state index contributed by atoms with van der Waals surface area (Å²) in [6.07, 6.45) is 7.92. The summed E-state index contributed by atoms with van der Waals surface area (Å²) in [4.78, 5) is 26.2. The van der Waals surface area contributed by atoms with E-state index in [4.69, 9.17) is 9.15 Å². The van der Waals surface area contributed by atoms with Gasteiger partial charge in [-0.15, -0.1) is 12.6 Å². The van der Waals surface area contributed by atoms with Crippen LogP contribution in [0.25, 0.3) is 11.8 Å². The van der Waals surface area contributed by atoms with Crippen molar-refractivity contribution in [2.24, 2.45) is 28.6 Å². The van der Waals surface area contributed by atoms with Crippen molar-refractivity contribution in [2.45, 2.75) is 64.1 Å². The molecule has 220 valence electrons. The van der Waals surface area contributed by atoms with Crippen LogP contribution in [0.3, 0.4) is 0 Å². The molecular formula is C32H32F2N2O5S. The van der Waals surface area contributed by atoms with E-state index in [9.17, 15) is 23.5 Å². The number of hydrogen-bond acceptors (Lipinski definition) is 6. The Morgan fingerprint density at radius 2 is 1.95 bits per heavy atom. The summed E-state index contributed by atoms with van der Waals surface area (Å²) in [7, 11) is 0. The lowest BCUT2D eigenvalue weighted by Gasteiger charge is -2.60. The van der Waals surface area contributed by atoms with E-state index in [1.807, 2.05) is 6.92 Å². The van der Waals surface area contributed by atoms with Gasteiger partial charge >= 0.3 is 5.97 Å². The molecule has 3 aromatic rings. The van der Waals surface area contributed by atoms with Crippen molar-refractivity contribution in [1.82, 2.24) is 9.78 Å². The molecule has 2 aromatic heterocycles. The number of halogens is 2. The van der Waals surface area contributed by atoms with Gasteiger partial charge in [-0.1, -0.05) is 19.4 Å². The van der Waals surface area contributed by atoms with Gasteiger partial charge in [-0.2, -0.15) is 5.10 Å². The van der Waals surface area contributed by atoms with Crippen molar-refractivity contribution in [3.8, 4) is 5.69 Å². The monoisotopic (exact) mass is 594 g/mol. The Morgan fingerprint density at radius 3 is 2.64 bits per heavy atom. The molecule has 4 aliphatic carbocycles. The zero-order valence-electron chi connectivity index (χ0n) is 23.3. The van der Waals surface area contributed by atoms with Crippen LogP contribution < -0.4 is 0 Å². The second-order valence-electron chi connectivity index (χ2n) is 12.9. The SMILES string of the molecule is C[C@]12Cc3cnn(-c4cc(F)cc(F)c4)c3C=C1CC[C@@H]1[C@@H]2[C@@H](O)C[C@@]2(C)[C@H]1CC[C@]2(OC(=O)c1ccco1)C(=O)S. The third kappa shape index (κ3) is 3.76. The second-order valence-corrected chi connectivity index (χ2v) is 13.3. The van der Waals surface area contributed by atoms with Gasteiger partial charge in [0.1, 0.15) is 11.6 Å². The van der Waals surface area contributed by atoms with E-state index in [2.05, 4.69) is 30.7 Å². The fourth-order valence-electron chi connectivity index (χ4n) is 9.21. The number of rotatable bonds is 4. The molecule has 3 fully saturated rings. The average Bonchev–Trinajstić information content (AvgIpc) is 3.65. The standard InChI is InChI=1S/C32H32F2N2O5S/c1-30-14-17-16-35-36(21-12-19(33)11-20(34)13-21)24(17)10-18(30)5-6-22-23-7-8-32(29(39)42,31(23,2)15-25(37)27(22)30)41-28(38)26-4-3-9-40-26/h3-4,9-13,16,22-23,25,27,37H,5-8,14-15H2,1-2H3,(H,39,42)/t22-,23-,25-,27+,30-,31-,32-/m0/s1. The Morgan fingerprint density at radius 1 is 1.19 bits per heavy atom. The number of aromatic nitrogens is 2. The highest BCUT2D eigenvalue weighted by Gasteiger charge is 2.70. The van der Waals surface area contributed by atoms with Gasteiger partial charge in [-0.05, 0) is 97.6 Å². The van der Waals surface area contributed by atoms with E-state index in [1.54, 1.807) is 16.9 Å². The maximum Gasteiger partial charge on any atom is 0.375 e. The summed E-state index contributed by atoms with van der Waals surface area (Å²) in [5, 5.41) is 15.9. The summed E-state index contributed by atoms with van der Waals surface area (Å²) < 4.78 is 40.8. The fourth-order valence-corrected chi connectivity index (χ4v) is 9.62. The number of allylic oxidation sites excluding steroid dienone is 1. The molecule has 1 N–H and O–H groups in total. The first kappa shape index (κ1) is 27.6. The number of thiol groups is 1. The Hall–Kier alpha value is -3.24. The topological polar surface area (TPSA) is 94.6 Å². The normalized spacial score (nSPS) is 35.0. The summed E-state index contributed by atoms with van der Waals surface area (Å²) >= 11 is 4.24. The van der Waals surface area contributed by atoms with E-state index in [1.165, 1.54) is 30.0 Å². The molecule has 10 heteroatoms. The first-order valence-corrected chi connectivity index (χ1v) is 14.8. The van der Waals surface area contributed by atoms with Crippen molar-refractivity contribution in [1.29, 1.82) is 0 Å². The van der Waals surface area contributed by atoms with Crippen molar-refractivity contribution in [3.05, 3.63) is 77.0 Å². The van der Waals surface area contributed by atoms with Crippen LogP contribution in [0.5, 0.6) is 0 Å². The number of hydrogen-bond donors (Lipinski definition) is 2. The van der Waals surface area contributed by atoms with Crippen molar-refractivity contribution in [3.63, 3.8) is 0 Å². The van der Waals surface area contributed by atoms with Crippen LogP contribution in [-0.2, 0) is 16.0 Å². The van der Waals surface area contributed by atoms with Crippen molar-refractivity contribution < 1.29 is 32.6 Å². The minimum absolute atomic E-state index is 0.0183. The van der Waals surface area contributed by atoms with E-state index >= 15 is 0 Å². The molecule has 42 heavy (non-hydrogen) atoms. The Bertz CT molecular complexity index is 1610. The highest BCUT2D eigenvalue weighted by atomic mass is 32.1. The third-order valence-electron chi connectivity index (χ3n) is 11.0.